The number of thiophene rings is 1. The summed E-state index contributed by atoms with van der Waals surface area (Å²) in [4.78, 5) is 27.4. The van der Waals surface area contributed by atoms with E-state index in [4.69, 9.17) is 9.97 Å². The average Bonchev–Trinajstić information content (AvgIpc) is 3.45. The molecule has 2 aromatic carbocycles. The van der Waals surface area contributed by atoms with E-state index < -0.39 is 0 Å². The molecule has 0 amide bonds. The van der Waals surface area contributed by atoms with Crippen LogP contribution >= 0.6 is 23.1 Å². The number of rotatable bonds is 5. The van der Waals surface area contributed by atoms with Gasteiger partial charge in [0.2, 0.25) is 5.16 Å². The van der Waals surface area contributed by atoms with Crippen LogP contribution in [0.3, 0.4) is 0 Å². The second-order valence-electron chi connectivity index (χ2n) is 7.86. The summed E-state index contributed by atoms with van der Waals surface area (Å²) in [5.41, 5.74) is 4.63. The molecule has 0 unspecified atom stereocenters. The van der Waals surface area contributed by atoms with Gasteiger partial charge in [-0.05, 0) is 24.8 Å². The van der Waals surface area contributed by atoms with Crippen molar-refractivity contribution in [1.82, 2.24) is 25.1 Å². The molecule has 3 heterocycles. The van der Waals surface area contributed by atoms with Crippen LogP contribution in [0.15, 0.2) is 70.6 Å². The summed E-state index contributed by atoms with van der Waals surface area (Å²) in [6, 6.07) is 19.9. The maximum absolute atomic E-state index is 12.7. The monoisotopic (exact) mass is 469 g/mol. The van der Waals surface area contributed by atoms with Crippen molar-refractivity contribution in [1.29, 1.82) is 0 Å². The summed E-state index contributed by atoms with van der Waals surface area (Å²) < 4.78 is 0. The van der Waals surface area contributed by atoms with E-state index in [1.165, 1.54) is 22.2 Å². The van der Waals surface area contributed by atoms with Crippen LogP contribution < -0.4 is 5.56 Å². The first-order chi connectivity index (χ1) is 16.3. The lowest BCUT2D eigenvalue weighted by atomic mass is 10.0. The smallest absolute Gasteiger partial charge is 0.259 e. The zero-order chi connectivity index (χ0) is 22.2. The number of benzene rings is 2. The molecule has 162 valence electrons. The molecule has 0 bridgehead atoms. The average molecular weight is 470 g/mol. The fraction of sp³-hybridized carbons (Fsp3) is 0.160. The van der Waals surface area contributed by atoms with E-state index in [0.29, 0.717) is 16.7 Å². The van der Waals surface area contributed by atoms with Crippen LogP contribution in [0.4, 0.5) is 0 Å². The molecule has 33 heavy (non-hydrogen) atoms. The Balaban J connectivity index is 1.33. The van der Waals surface area contributed by atoms with Gasteiger partial charge in [0.05, 0.1) is 11.1 Å². The Labute approximate surface area is 198 Å². The number of thioether (sulfide) groups is 1. The Morgan fingerprint density at radius 1 is 0.879 bits per heavy atom. The molecular weight excluding hydrogens is 450 g/mol. The van der Waals surface area contributed by atoms with Crippen molar-refractivity contribution >= 4 is 33.3 Å². The first-order valence-electron chi connectivity index (χ1n) is 10.8. The predicted octanol–water partition coefficient (Wildman–Crippen LogP) is 5.28. The first kappa shape index (κ1) is 20.3. The third-order valence-electron chi connectivity index (χ3n) is 5.72. The maximum Gasteiger partial charge on any atom is 0.259 e. The fourth-order valence-corrected chi connectivity index (χ4v) is 6.15. The molecule has 0 radical (unpaired) electrons. The summed E-state index contributed by atoms with van der Waals surface area (Å²) in [6.45, 7) is 0. The molecule has 1 aliphatic rings. The maximum atomic E-state index is 12.7. The lowest BCUT2D eigenvalue weighted by Crippen LogP contribution is -2.11. The fourth-order valence-electron chi connectivity index (χ4n) is 4.21. The highest BCUT2D eigenvalue weighted by atomic mass is 32.2. The molecule has 3 aromatic heterocycles. The molecule has 8 heteroatoms. The molecule has 0 atom stereocenters. The number of aromatic amines is 1. The summed E-state index contributed by atoms with van der Waals surface area (Å²) in [7, 11) is 0. The van der Waals surface area contributed by atoms with E-state index in [2.05, 4.69) is 15.2 Å². The first-order valence-corrected chi connectivity index (χ1v) is 12.6. The number of nitrogens with one attached hydrogen (secondary N) is 1. The van der Waals surface area contributed by atoms with Crippen molar-refractivity contribution in [2.24, 2.45) is 0 Å². The van der Waals surface area contributed by atoms with Crippen molar-refractivity contribution < 1.29 is 0 Å². The Bertz CT molecular complexity index is 1510. The lowest BCUT2D eigenvalue weighted by Gasteiger charge is -2.09. The number of hydrogen-bond acceptors (Lipinski definition) is 7. The molecule has 0 saturated carbocycles. The van der Waals surface area contributed by atoms with E-state index in [0.717, 1.165) is 52.0 Å². The van der Waals surface area contributed by atoms with Crippen LogP contribution in [0.2, 0.25) is 0 Å². The summed E-state index contributed by atoms with van der Waals surface area (Å²) in [5, 5.41) is 10.2. The Morgan fingerprint density at radius 3 is 2.36 bits per heavy atom. The van der Waals surface area contributed by atoms with Crippen LogP contribution in [0.25, 0.3) is 32.7 Å². The van der Waals surface area contributed by atoms with Crippen molar-refractivity contribution in [3.63, 3.8) is 0 Å². The lowest BCUT2D eigenvalue weighted by molar-refractivity contribution is 0.848. The number of aromatic nitrogens is 5. The third kappa shape index (κ3) is 3.85. The van der Waals surface area contributed by atoms with Crippen LogP contribution in [-0.4, -0.2) is 25.1 Å². The molecule has 6 nitrogen and oxygen atoms in total. The van der Waals surface area contributed by atoms with Gasteiger partial charge in [-0.15, -0.1) is 21.5 Å². The summed E-state index contributed by atoms with van der Waals surface area (Å²) in [5.74, 6) is 1.10. The number of nitrogens with zero attached hydrogens (tertiary/aromatic N) is 4. The second kappa shape index (κ2) is 8.53. The van der Waals surface area contributed by atoms with Crippen molar-refractivity contribution in [3.05, 3.63) is 87.3 Å². The zero-order valence-corrected chi connectivity index (χ0v) is 19.2. The number of fused-ring (bicyclic) bond motifs is 3. The van der Waals surface area contributed by atoms with Crippen molar-refractivity contribution in [2.45, 2.75) is 30.2 Å². The Morgan fingerprint density at radius 2 is 1.61 bits per heavy atom. The van der Waals surface area contributed by atoms with Gasteiger partial charge in [0.25, 0.3) is 5.56 Å². The standard InChI is InChI=1S/C25H19N5OS2/c31-23-20-17-12-7-13-18(17)33-24(20)27-19(26-23)14-32-25-28-21(15-8-3-1-4-9-15)22(29-30-25)16-10-5-2-6-11-16/h1-6,8-11H,7,12-14H2,(H,26,27,31). The molecule has 5 aromatic rings. The highest BCUT2D eigenvalue weighted by Gasteiger charge is 2.21. The van der Waals surface area contributed by atoms with Crippen molar-refractivity contribution in [2.75, 3.05) is 0 Å². The van der Waals surface area contributed by atoms with E-state index in [-0.39, 0.29) is 5.56 Å². The molecule has 0 spiro atoms. The van der Waals surface area contributed by atoms with Crippen LogP contribution in [0, 0.1) is 0 Å². The zero-order valence-electron chi connectivity index (χ0n) is 17.6. The topological polar surface area (TPSA) is 84.4 Å². The second-order valence-corrected chi connectivity index (χ2v) is 9.89. The molecule has 0 fully saturated rings. The Hall–Kier alpha value is -3.36. The molecule has 0 aliphatic heterocycles. The van der Waals surface area contributed by atoms with Gasteiger partial charge in [-0.2, -0.15) is 0 Å². The van der Waals surface area contributed by atoms with Gasteiger partial charge in [-0.1, -0.05) is 72.4 Å². The number of aryl methyl sites for hydroxylation is 2. The minimum absolute atomic E-state index is 0.0431. The van der Waals surface area contributed by atoms with Gasteiger partial charge in [0.15, 0.2) is 0 Å². The summed E-state index contributed by atoms with van der Waals surface area (Å²) >= 11 is 3.07. The molecule has 1 N–H and O–H groups in total. The quantitative estimate of drug-likeness (QED) is 0.352. The SMILES string of the molecule is O=c1[nH]c(CSc2nnc(-c3ccccc3)c(-c3ccccc3)n2)nc2sc3c(c12)CCC3. The van der Waals surface area contributed by atoms with Gasteiger partial charge in [0, 0.05) is 16.0 Å². The van der Waals surface area contributed by atoms with Gasteiger partial charge in [-0.3, -0.25) is 4.79 Å². The van der Waals surface area contributed by atoms with E-state index in [9.17, 15) is 4.79 Å². The molecule has 1 aliphatic carbocycles. The molecule has 0 saturated heterocycles. The van der Waals surface area contributed by atoms with Gasteiger partial charge in [0.1, 0.15) is 22.0 Å². The van der Waals surface area contributed by atoms with Crippen LogP contribution in [-0.2, 0) is 18.6 Å². The highest BCUT2D eigenvalue weighted by molar-refractivity contribution is 7.98. The van der Waals surface area contributed by atoms with E-state index >= 15 is 0 Å². The van der Waals surface area contributed by atoms with Crippen molar-refractivity contribution in [3.8, 4) is 22.5 Å². The normalized spacial score (nSPS) is 12.8. The van der Waals surface area contributed by atoms with Gasteiger partial charge >= 0.3 is 0 Å². The number of hydrogen-bond donors (Lipinski definition) is 1. The molecule has 6 rings (SSSR count). The van der Waals surface area contributed by atoms with E-state index in [1.54, 1.807) is 11.3 Å². The largest absolute Gasteiger partial charge is 0.309 e. The van der Waals surface area contributed by atoms with Crippen LogP contribution in [0.5, 0.6) is 0 Å². The Kier molecular flexibility index (Phi) is 5.24. The van der Waals surface area contributed by atoms with E-state index in [1.807, 2.05) is 60.7 Å². The predicted molar refractivity (Wildman–Crippen MR) is 133 cm³/mol. The summed E-state index contributed by atoms with van der Waals surface area (Å²) in [6.07, 6.45) is 3.15. The minimum Gasteiger partial charge on any atom is -0.309 e. The number of H-pyrrole nitrogens is 1. The van der Waals surface area contributed by atoms with Gasteiger partial charge in [-0.25, -0.2) is 9.97 Å². The minimum atomic E-state index is -0.0431. The van der Waals surface area contributed by atoms with Gasteiger partial charge < -0.3 is 4.98 Å². The van der Waals surface area contributed by atoms with Crippen LogP contribution in [0.1, 0.15) is 22.7 Å². The third-order valence-corrected chi connectivity index (χ3v) is 7.76. The molecular formula is C25H19N5OS2. The highest BCUT2D eigenvalue weighted by Crippen LogP contribution is 2.35.